The van der Waals surface area contributed by atoms with Crippen molar-refractivity contribution in [3.63, 3.8) is 0 Å². The predicted molar refractivity (Wildman–Crippen MR) is 121 cm³/mol. The first-order valence-electron chi connectivity index (χ1n) is 10.7. The molecule has 8 nitrogen and oxygen atoms in total. The summed E-state index contributed by atoms with van der Waals surface area (Å²) in [6.07, 6.45) is 1.41. The summed E-state index contributed by atoms with van der Waals surface area (Å²) in [5, 5.41) is -0.325. The Balaban J connectivity index is 1.44. The lowest BCUT2D eigenvalue weighted by atomic mass is 10.2. The zero-order valence-electron chi connectivity index (χ0n) is 18.2. The minimum Gasteiger partial charge on any atom is -0.459 e. The lowest BCUT2D eigenvalue weighted by Gasteiger charge is -2.34. The molecule has 0 spiro atoms. The molecule has 5 rings (SSSR count). The summed E-state index contributed by atoms with van der Waals surface area (Å²) in [6.45, 7) is 1.10. The number of benzene rings is 2. The third kappa shape index (κ3) is 4.42. The van der Waals surface area contributed by atoms with Gasteiger partial charge in [-0.25, -0.2) is 17.2 Å². The lowest BCUT2D eigenvalue weighted by Crippen LogP contribution is -2.49. The standard InChI is InChI=1S/C24H19F2N3O5S/c25-17-5-3-16(4-6-17)23(30)28-11-13-29(14-12-28)24-22(27-21(34-24)20-2-1-15-33-20)35(31,32)19-9-7-18(26)8-10-19/h1-10,15H,11-14H2. The van der Waals surface area contributed by atoms with Gasteiger partial charge in [0.25, 0.3) is 11.8 Å². The molecular weight excluding hydrogens is 480 g/mol. The predicted octanol–water partition coefficient (Wildman–Crippen LogP) is 4.01. The summed E-state index contributed by atoms with van der Waals surface area (Å²) in [5.74, 6) is -1.01. The molecule has 0 atom stereocenters. The Morgan fingerprint density at radius 1 is 0.886 bits per heavy atom. The fourth-order valence-corrected chi connectivity index (χ4v) is 5.11. The maximum atomic E-state index is 13.4. The van der Waals surface area contributed by atoms with E-state index >= 15 is 0 Å². The Morgan fingerprint density at radius 3 is 2.11 bits per heavy atom. The third-order valence-electron chi connectivity index (χ3n) is 5.64. The number of carbonyl (C=O) groups excluding carboxylic acids is 1. The van der Waals surface area contributed by atoms with E-state index in [4.69, 9.17) is 8.83 Å². The van der Waals surface area contributed by atoms with Crippen molar-refractivity contribution in [2.45, 2.75) is 9.92 Å². The molecule has 4 aromatic rings. The molecule has 0 unspecified atom stereocenters. The molecule has 0 aliphatic carbocycles. The Bertz CT molecular complexity index is 1440. The quantitative estimate of drug-likeness (QED) is 0.383. The van der Waals surface area contributed by atoms with Gasteiger partial charge in [-0.2, -0.15) is 4.98 Å². The van der Waals surface area contributed by atoms with Gasteiger partial charge < -0.3 is 18.6 Å². The van der Waals surface area contributed by atoms with E-state index < -0.39 is 21.5 Å². The van der Waals surface area contributed by atoms with E-state index in [1.807, 2.05) is 0 Å². The van der Waals surface area contributed by atoms with E-state index in [2.05, 4.69) is 4.98 Å². The van der Waals surface area contributed by atoms with Crippen LogP contribution in [0.3, 0.4) is 0 Å². The van der Waals surface area contributed by atoms with Crippen molar-refractivity contribution in [3.8, 4) is 11.7 Å². The molecule has 2 aromatic heterocycles. The van der Waals surface area contributed by atoms with Crippen molar-refractivity contribution < 1.29 is 30.8 Å². The molecule has 1 fully saturated rings. The monoisotopic (exact) mass is 499 g/mol. The lowest BCUT2D eigenvalue weighted by molar-refractivity contribution is 0.0745. The highest BCUT2D eigenvalue weighted by Gasteiger charge is 2.34. The number of amides is 1. The number of aromatic nitrogens is 1. The fraction of sp³-hybridized carbons (Fsp3) is 0.167. The Labute approximate surface area is 199 Å². The van der Waals surface area contributed by atoms with Crippen LogP contribution in [0.1, 0.15) is 10.4 Å². The first kappa shape index (κ1) is 22.8. The molecule has 1 amide bonds. The average Bonchev–Trinajstić information content (AvgIpc) is 3.55. The van der Waals surface area contributed by atoms with E-state index in [9.17, 15) is 22.0 Å². The van der Waals surface area contributed by atoms with Gasteiger partial charge in [-0.15, -0.1) is 0 Å². The highest BCUT2D eigenvalue weighted by Crippen LogP contribution is 2.35. The first-order chi connectivity index (χ1) is 16.8. The second kappa shape index (κ2) is 8.99. The van der Waals surface area contributed by atoms with Gasteiger partial charge in [0.05, 0.1) is 11.2 Å². The summed E-state index contributed by atoms with van der Waals surface area (Å²) in [4.78, 5) is 20.1. The number of hydrogen-bond acceptors (Lipinski definition) is 7. The van der Waals surface area contributed by atoms with Crippen LogP contribution in [0.4, 0.5) is 14.7 Å². The maximum Gasteiger partial charge on any atom is 0.266 e. The average molecular weight is 499 g/mol. The Kier molecular flexibility index (Phi) is 5.85. The summed E-state index contributed by atoms with van der Waals surface area (Å²) in [5.41, 5.74) is 0.360. The van der Waals surface area contributed by atoms with Gasteiger partial charge in [0, 0.05) is 31.7 Å². The van der Waals surface area contributed by atoms with Gasteiger partial charge in [0.1, 0.15) is 11.6 Å². The van der Waals surface area contributed by atoms with Crippen LogP contribution in [0.25, 0.3) is 11.7 Å². The first-order valence-corrected chi connectivity index (χ1v) is 12.2. The van der Waals surface area contributed by atoms with Crippen LogP contribution >= 0.6 is 0 Å². The van der Waals surface area contributed by atoms with Crippen molar-refractivity contribution in [2.24, 2.45) is 0 Å². The largest absolute Gasteiger partial charge is 0.459 e. The Morgan fingerprint density at radius 2 is 1.51 bits per heavy atom. The highest BCUT2D eigenvalue weighted by molar-refractivity contribution is 7.91. The summed E-state index contributed by atoms with van der Waals surface area (Å²) >= 11 is 0. The zero-order chi connectivity index (χ0) is 24.6. The number of hydrogen-bond donors (Lipinski definition) is 0. The van der Waals surface area contributed by atoms with Crippen LogP contribution in [0.2, 0.25) is 0 Å². The van der Waals surface area contributed by atoms with E-state index in [1.54, 1.807) is 21.9 Å². The van der Waals surface area contributed by atoms with Crippen molar-refractivity contribution >= 4 is 21.6 Å². The van der Waals surface area contributed by atoms with Gasteiger partial charge in [0.2, 0.25) is 20.7 Å². The number of furan rings is 1. The minimum atomic E-state index is -4.15. The fourth-order valence-electron chi connectivity index (χ4n) is 3.79. The second-order valence-corrected chi connectivity index (χ2v) is 9.72. The summed E-state index contributed by atoms with van der Waals surface area (Å²) in [6, 6.07) is 12.9. The number of piperazine rings is 1. The van der Waals surface area contributed by atoms with Crippen molar-refractivity contribution in [2.75, 3.05) is 31.1 Å². The van der Waals surface area contributed by atoms with E-state index in [0.717, 1.165) is 24.3 Å². The highest BCUT2D eigenvalue weighted by atomic mass is 32.2. The number of halogens is 2. The van der Waals surface area contributed by atoms with Crippen LogP contribution in [-0.2, 0) is 9.84 Å². The molecule has 35 heavy (non-hydrogen) atoms. The van der Waals surface area contributed by atoms with Crippen molar-refractivity contribution in [1.82, 2.24) is 9.88 Å². The van der Waals surface area contributed by atoms with Crippen LogP contribution in [0.5, 0.6) is 0 Å². The molecule has 3 heterocycles. The molecule has 1 saturated heterocycles. The van der Waals surface area contributed by atoms with E-state index in [-0.39, 0.29) is 59.5 Å². The minimum absolute atomic E-state index is 0.00889. The summed E-state index contributed by atoms with van der Waals surface area (Å²) in [7, 11) is -4.15. The van der Waals surface area contributed by atoms with Gasteiger partial charge in [0.15, 0.2) is 5.76 Å². The molecule has 0 radical (unpaired) electrons. The molecule has 0 bridgehead atoms. The molecule has 1 aliphatic heterocycles. The number of oxazole rings is 1. The van der Waals surface area contributed by atoms with Crippen LogP contribution in [0.15, 0.2) is 85.7 Å². The molecule has 2 aromatic carbocycles. The molecule has 180 valence electrons. The normalized spacial score (nSPS) is 14.3. The number of carbonyl (C=O) groups is 1. The van der Waals surface area contributed by atoms with Crippen molar-refractivity contribution in [3.05, 3.63) is 84.1 Å². The van der Waals surface area contributed by atoms with E-state index in [1.165, 1.54) is 30.5 Å². The van der Waals surface area contributed by atoms with Crippen LogP contribution in [0, 0.1) is 11.6 Å². The molecule has 0 saturated carbocycles. The van der Waals surface area contributed by atoms with Gasteiger partial charge in [-0.3, -0.25) is 4.79 Å². The molecule has 0 N–H and O–H groups in total. The van der Waals surface area contributed by atoms with Gasteiger partial charge in [-0.05, 0) is 60.7 Å². The zero-order valence-corrected chi connectivity index (χ0v) is 19.0. The maximum absolute atomic E-state index is 13.4. The number of nitrogens with zero attached hydrogens (tertiary/aromatic N) is 3. The molecule has 1 aliphatic rings. The van der Waals surface area contributed by atoms with Gasteiger partial charge in [-0.1, -0.05) is 0 Å². The Hall–Kier alpha value is -3.99. The van der Waals surface area contributed by atoms with Crippen LogP contribution < -0.4 is 4.90 Å². The summed E-state index contributed by atoms with van der Waals surface area (Å²) < 4.78 is 64.5. The van der Waals surface area contributed by atoms with Gasteiger partial charge >= 0.3 is 0 Å². The van der Waals surface area contributed by atoms with Crippen LogP contribution in [-0.4, -0.2) is 50.4 Å². The topological polar surface area (TPSA) is 96.9 Å². The third-order valence-corrected chi connectivity index (χ3v) is 7.30. The smallest absolute Gasteiger partial charge is 0.266 e. The second-order valence-electron chi connectivity index (χ2n) is 7.85. The molecular formula is C24H19F2N3O5S. The number of anilines is 1. The number of rotatable bonds is 5. The number of sulfone groups is 1. The van der Waals surface area contributed by atoms with Crippen molar-refractivity contribution in [1.29, 1.82) is 0 Å². The SMILES string of the molecule is O=C(c1ccc(F)cc1)N1CCN(c2oc(-c3ccco3)nc2S(=O)(=O)c2ccc(F)cc2)CC1. The van der Waals surface area contributed by atoms with E-state index in [0.29, 0.717) is 5.56 Å². The molecule has 11 heteroatoms.